The zero-order chi connectivity index (χ0) is 29.7. The van der Waals surface area contributed by atoms with Crippen LogP contribution in [-0.2, 0) is 23.7 Å². The minimum absolute atomic E-state index is 0.0143. The number of hydrogen-bond acceptors (Lipinski definition) is 10. The van der Waals surface area contributed by atoms with Crippen molar-refractivity contribution < 1.29 is 38.9 Å². The molecule has 12 nitrogen and oxygen atoms in total. The molecular formula is C31H52N4O8. The van der Waals surface area contributed by atoms with Gasteiger partial charge in [0, 0.05) is 72.0 Å². The van der Waals surface area contributed by atoms with E-state index < -0.39 is 22.2 Å². The van der Waals surface area contributed by atoms with Gasteiger partial charge in [0.15, 0.2) is 0 Å². The number of nitrogens with zero attached hydrogens (tertiary/aromatic N) is 4. The van der Waals surface area contributed by atoms with Gasteiger partial charge in [0.2, 0.25) is 0 Å². The van der Waals surface area contributed by atoms with Crippen molar-refractivity contribution in [2.24, 2.45) is 0 Å². The number of hydroxylamine groups is 4. The fourth-order valence-corrected chi connectivity index (χ4v) is 9.94. The van der Waals surface area contributed by atoms with Crippen LogP contribution in [-0.4, -0.2) is 150 Å². The number of ether oxygens (including phenoxy) is 5. The number of carbonyl (C=O) groups is 1. The summed E-state index contributed by atoms with van der Waals surface area (Å²) in [4.78, 5) is 19.0. The van der Waals surface area contributed by atoms with Crippen LogP contribution in [0.3, 0.4) is 0 Å². The van der Waals surface area contributed by atoms with Gasteiger partial charge in [0.1, 0.15) is 0 Å². The fraction of sp³-hybridized carbons (Fsp3) is 0.968. The molecule has 244 valence electrons. The Hall–Kier alpha value is -1.09. The molecule has 2 N–H and O–H groups in total. The van der Waals surface area contributed by atoms with Gasteiger partial charge in [-0.15, -0.1) is 0 Å². The maximum absolute atomic E-state index is 14.8. The van der Waals surface area contributed by atoms with Gasteiger partial charge in [-0.2, -0.15) is 10.1 Å². The van der Waals surface area contributed by atoms with E-state index in [9.17, 15) is 15.2 Å². The quantitative estimate of drug-likeness (QED) is 0.495. The van der Waals surface area contributed by atoms with Crippen molar-refractivity contribution in [3.63, 3.8) is 0 Å². The van der Waals surface area contributed by atoms with Crippen LogP contribution in [0.15, 0.2) is 0 Å². The molecule has 43 heavy (non-hydrogen) atoms. The van der Waals surface area contributed by atoms with Crippen LogP contribution in [0.25, 0.3) is 0 Å². The lowest BCUT2D eigenvalue weighted by Gasteiger charge is -2.62. The van der Waals surface area contributed by atoms with E-state index in [1.807, 2.05) is 0 Å². The lowest BCUT2D eigenvalue weighted by atomic mass is 9.68. The average molecular weight is 609 g/mol. The highest BCUT2D eigenvalue weighted by atomic mass is 16.5. The van der Waals surface area contributed by atoms with Crippen LogP contribution < -0.4 is 0 Å². The van der Waals surface area contributed by atoms with Crippen LogP contribution in [0.2, 0.25) is 0 Å². The first-order valence-corrected chi connectivity index (χ1v) is 16.7. The van der Waals surface area contributed by atoms with Crippen LogP contribution in [0.4, 0.5) is 4.79 Å². The highest BCUT2D eigenvalue weighted by molar-refractivity contribution is 5.76. The zero-order valence-electron chi connectivity index (χ0n) is 25.9. The first-order chi connectivity index (χ1) is 20.8. The van der Waals surface area contributed by atoms with Crippen LogP contribution >= 0.6 is 0 Å². The number of urea groups is 1. The normalized spacial score (nSPS) is 36.5. The van der Waals surface area contributed by atoms with E-state index in [0.29, 0.717) is 65.9 Å². The van der Waals surface area contributed by atoms with E-state index in [1.54, 1.807) is 17.2 Å². The Balaban J connectivity index is 1.20. The standard InChI is InChI=1S/C31H52N4O8/c1-39-26-22-32(24-18-28(2-10-40-11-3-28)34(37)29(19-24)4-12-41-13-5-29)27(36)33(23-26)25-20-30(6-14-42-15-7-30)35(38)31(21-25)8-16-43-17-9-31/h24-26,37-38H,2-23H2,1H3. The summed E-state index contributed by atoms with van der Waals surface area (Å²) in [6.07, 6.45) is 8.84. The number of hydrogen-bond donors (Lipinski definition) is 2. The third kappa shape index (κ3) is 5.22. The summed E-state index contributed by atoms with van der Waals surface area (Å²) in [5, 5.41) is 27.1. The van der Waals surface area contributed by atoms with Crippen molar-refractivity contribution >= 4 is 6.03 Å². The summed E-state index contributed by atoms with van der Waals surface area (Å²) < 4.78 is 29.1. The molecule has 0 atom stereocenters. The van der Waals surface area contributed by atoms with Gasteiger partial charge in [-0.05, 0) is 77.0 Å². The topological polar surface area (TPSA) is 117 Å². The predicted molar refractivity (Wildman–Crippen MR) is 154 cm³/mol. The van der Waals surface area contributed by atoms with Crippen molar-refractivity contribution in [3.05, 3.63) is 0 Å². The third-order valence-electron chi connectivity index (χ3n) is 12.5. The number of amides is 2. The molecule has 7 heterocycles. The van der Waals surface area contributed by atoms with Crippen molar-refractivity contribution in [3.8, 4) is 0 Å². The van der Waals surface area contributed by atoms with Crippen molar-refractivity contribution in [1.29, 1.82) is 0 Å². The Morgan fingerprint density at radius 2 is 0.860 bits per heavy atom. The molecule has 7 rings (SSSR count). The number of rotatable bonds is 3. The van der Waals surface area contributed by atoms with E-state index in [1.165, 1.54) is 0 Å². The van der Waals surface area contributed by atoms with E-state index in [2.05, 4.69) is 9.80 Å². The Morgan fingerprint density at radius 3 is 1.12 bits per heavy atom. The van der Waals surface area contributed by atoms with Crippen LogP contribution in [0, 0.1) is 0 Å². The summed E-state index contributed by atoms with van der Waals surface area (Å²) in [7, 11) is 1.75. The summed E-state index contributed by atoms with van der Waals surface area (Å²) >= 11 is 0. The smallest absolute Gasteiger partial charge is 0.320 e. The lowest BCUT2D eigenvalue weighted by Crippen LogP contribution is -2.73. The molecule has 0 saturated carbocycles. The van der Waals surface area contributed by atoms with Gasteiger partial charge < -0.3 is 43.9 Å². The molecule has 0 aromatic heterocycles. The molecule has 7 aliphatic rings. The first-order valence-electron chi connectivity index (χ1n) is 16.7. The second kappa shape index (κ2) is 11.9. The van der Waals surface area contributed by atoms with Crippen molar-refractivity contribution in [2.45, 2.75) is 117 Å². The van der Waals surface area contributed by atoms with Gasteiger partial charge in [-0.25, -0.2) is 4.79 Å². The summed E-state index contributed by atoms with van der Waals surface area (Å²) in [6, 6.07) is 0.0500. The average Bonchev–Trinajstić information content (AvgIpc) is 3.04. The zero-order valence-corrected chi connectivity index (χ0v) is 25.9. The molecule has 7 aliphatic heterocycles. The third-order valence-corrected chi connectivity index (χ3v) is 12.5. The summed E-state index contributed by atoms with van der Waals surface area (Å²) in [5.74, 6) is 0. The highest BCUT2D eigenvalue weighted by Gasteiger charge is 2.60. The van der Waals surface area contributed by atoms with Crippen LogP contribution in [0.5, 0.6) is 0 Å². The Labute approximate surface area is 255 Å². The second-order valence-electron chi connectivity index (χ2n) is 14.5. The summed E-state index contributed by atoms with van der Waals surface area (Å²) in [5.41, 5.74) is -1.65. The van der Waals surface area contributed by atoms with E-state index in [-0.39, 0.29) is 24.2 Å². The Bertz CT molecular complexity index is 862. The Kier molecular flexibility index (Phi) is 8.48. The minimum atomic E-state index is -0.413. The molecule has 4 spiro atoms. The molecule has 0 unspecified atom stereocenters. The molecule has 0 bridgehead atoms. The van der Waals surface area contributed by atoms with Gasteiger partial charge in [0.25, 0.3) is 0 Å². The summed E-state index contributed by atoms with van der Waals surface area (Å²) in [6.45, 7) is 6.06. The Morgan fingerprint density at radius 1 is 0.581 bits per heavy atom. The molecule has 0 aromatic carbocycles. The first kappa shape index (κ1) is 30.6. The van der Waals surface area contributed by atoms with Crippen LogP contribution in [0.1, 0.15) is 77.0 Å². The molecule has 0 aliphatic carbocycles. The molecule has 2 amide bonds. The van der Waals surface area contributed by atoms with Gasteiger partial charge in [-0.3, -0.25) is 0 Å². The van der Waals surface area contributed by atoms with E-state index in [4.69, 9.17) is 23.7 Å². The highest BCUT2D eigenvalue weighted by Crippen LogP contribution is 2.51. The fourth-order valence-electron chi connectivity index (χ4n) is 9.94. The molecular weight excluding hydrogens is 556 g/mol. The monoisotopic (exact) mass is 608 g/mol. The largest absolute Gasteiger partial charge is 0.381 e. The molecule has 7 saturated heterocycles. The molecule has 0 radical (unpaired) electrons. The van der Waals surface area contributed by atoms with Crippen molar-refractivity contribution in [2.75, 3.05) is 73.1 Å². The van der Waals surface area contributed by atoms with E-state index >= 15 is 0 Å². The maximum atomic E-state index is 14.8. The number of carbonyl (C=O) groups excluding carboxylic acids is 1. The minimum Gasteiger partial charge on any atom is -0.381 e. The lowest BCUT2D eigenvalue weighted by molar-refractivity contribution is -0.302. The maximum Gasteiger partial charge on any atom is 0.320 e. The van der Waals surface area contributed by atoms with Gasteiger partial charge >= 0.3 is 6.03 Å². The SMILES string of the molecule is COC1CN(C2CC3(CCOCC3)N(O)C3(CCOCC3)C2)C(=O)N(C2CC3(CCOCC3)N(O)C3(CCOCC3)C2)C1. The second-order valence-corrected chi connectivity index (χ2v) is 14.5. The van der Waals surface area contributed by atoms with E-state index in [0.717, 1.165) is 77.0 Å². The predicted octanol–water partition coefficient (Wildman–Crippen LogP) is 2.64. The van der Waals surface area contributed by atoms with Gasteiger partial charge in [-0.1, -0.05) is 0 Å². The van der Waals surface area contributed by atoms with Gasteiger partial charge in [0.05, 0.1) is 41.3 Å². The molecule has 0 aromatic rings. The number of piperidine rings is 2. The van der Waals surface area contributed by atoms with Crippen molar-refractivity contribution in [1.82, 2.24) is 19.9 Å². The molecule has 12 heteroatoms. The molecule has 7 fully saturated rings. The number of methoxy groups -OCH3 is 1.